The predicted octanol–water partition coefficient (Wildman–Crippen LogP) is 0.364. The molecule has 0 saturated heterocycles. The van der Waals surface area contributed by atoms with E-state index < -0.39 is 0 Å². The molecule has 0 rings (SSSR count). The van der Waals surface area contributed by atoms with E-state index in [2.05, 4.69) is 5.32 Å². The second-order valence-corrected chi connectivity index (χ2v) is 3.14. The van der Waals surface area contributed by atoms with E-state index in [-0.39, 0.29) is 24.2 Å². The zero-order chi connectivity index (χ0) is 10.3. The highest BCUT2D eigenvalue weighted by Crippen LogP contribution is 1.92. The number of ether oxygens (including phenoxy) is 1. The van der Waals surface area contributed by atoms with E-state index in [1.54, 1.807) is 0 Å². The predicted molar refractivity (Wildman–Crippen MR) is 49.3 cm³/mol. The molecule has 0 aromatic rings. The van der Waals surface area contributed by atoms with Crippen molar-refractivity contribution in [3.63, 3.8) is 0 Å². The lowest BCUT2D eigenvalue weighted by Gasteiger charge is -2.05. The number of hydrogen-bond acceptors (Lipinski definition) is 3. The standard InChI is InChI=1S/C9H17NO3/c1-7(2)8(11)6-10-9(12)4-5-13-3/h7H,4-6H2,1-3H3,(H,10,12). The van der Waals surface area contributed by atoms with Gasteiger partial charge in [0.25, 0.3) is 0 Å². The SMILES string of the molecule is COCCC(=O)NCC(=O)C(C)C. The number of carbonyl (C=O) groups excluding carboxylic acids is 2. The second-order valence-electron chi connectivity index (χ2n) is 3.14. The van der Waals surface area contributed by atoms with Crippen molar-refractivity contribution in [3.05, 3.63) is 0 Å². The van der Waals surface area contributed by atoms with Gasteiger partial charge in [0.05, 0.1) is 13.2 Å². The van der Waals surface area contributed by atoms with Crippen molar-refractivity contribution in [3.8, 4) is 0 Å². The van der Waals surface area contributed by atoms with E-state index in [1.807, 2.05) is 13.8 Å². The van der Waals surface area contributed by atoms with Crippen molar-refractivity contribution in [2.24, 2.45) is 5.92 Å². The number of carbonyl (C=O) groups is 2. The lowest BCUT2D eigenvalue weighted by Crippen LogP contribution is -2.31. The Kier molecular flexibility index (Phi) is 6.14. The van der Waals surface area contributed by atoms with Crippen molar-refractivity contribution in [1.29, 1.82) is 0 Å². The Morgan fingerprint density at radius 2 is 2.00 bits per heavy atom. The molecule has 0 radical (unpaired) electrons. The van der Waals surface area contributed by atoms with Crippen LogP contribution in [0.15, 0.2) is 0 Å². The van der Waals surface area contributed by atoms with Gasteiger partial charge in [-0.25, -0.2) is 0 Å². The Morgan fingerprint density at radius 3 is 2.46 bits per heavy atom. The minimum Gasteiger partial charge on any atom is -0.384 e. The Balaban J connectivity index is 3.52. The van der Waals surface area contributed by atoms with Gasteiger partial charge in [-0.1, -0.05) is 13.8 Å². The molecule has 0 spiro atoms. The quantitative estimate of drug-likeness (QED) is 0.653. The van der Waals surface area contributed by atoms with Crippen LogP contribution in [0.2, 0.25) is 0 Å². The van der Waals surface area contributed by atoms with Crippen LogP contribution < -0.4 is 5.32 Å². The van der Waals surface area contributed by atoms with Crippen LogP contribution >= 0.6 is 0 Å². The highest BCUT2D eigenvalue weighted by Gasteiger charge is 2.08. The molecule has 0 aliphatic heterocycles. The molecule has 0 unspecified atom stereocenters. The van der Waals surface area contributed by atoms with Gasteiger partial charge in [-0.2, -0.15) is 0 Å². The second kappa shape index (κ2) is 6.60. The molecular weight excluding hydrogens is 170 g/mol. The van der Waals surface area contributed by atoms with Crippen LogP contribution in [0.4, 0.5) is 0 Å². The summed E-state index contributed by atoms with van der Waals surface area (Å²) >= 11 is 0. The molecule has 0 fully saturated rings. The van der Waals surface area contributed by atoms with E-state index in [9.17, 15) is 9.59 Å². The summed E-state index contributed by atoms with van der Waals surface area (Å²) in [6.45, 7) is 4.13. The maximum Gasteiger partial charge on any atom is 0.222 e. The minimum atomic E-state index is -0.143. The van der Waals surface area contributed by atoms with Gasteiger partial charge in [0.2, 0.25) is 5.91 Å². The van der Waals surface area contributed by atoms with Crippen LogP contribution in [-0.2, 0) is 14.3 Å². The van der Waals surface area contributed by atoms with Gasteiger partial charge in [0, 0.05) is 19.4 Å². The third-order valence-corrected chi connectivity index (χ3v) is 1.64. The molecule has 1 amide bonds. The zero-order valence-electron chi connectivity index (χ0n) is 8.42. The number of hydrogen-bond donors (Lipinski definition) is 1. The maximum atomic E-state index is 11.1. The highest BCUT2D eigenvalue weighted by molar-refractivity contribution is 5.87. The molecule has 0 bridgehead atoms. The van der Waals surface area contributed by atoms with Gasteiger partial charge >= 0.3 is 0 Å². The number of ketones is 1. The Bertz CT molecular complexity index is 178. The molecular formula is C9H17NO3. The van der Waals surface area contributed by atoms with Crippen LogP contribution in [0.25, 0.3) is 0 Å². The van der Waals surface area contributed by atoms with Crippen LogP contribution in [0, 0.1) is 5.92 Å². The van der Waals surface area contributed by atoms with Crippen molar-refractivity contribution >= 4 is 11.7 Å². The molecule has 13 heavy (non-hydrogen) atoms. The fraction of sp³-hybridized carbons (Fsp3) is 0.778. The van der Waals surface area contributed by atoms with E-state index in [0.717, 1.165) is 0 Å². The summed E-state index contributed by atoms with van der Waals surface area (Å²) in [4.78, 5) is 22.1. The first kappa shape index (κ1) is 12.1. The van der Waals surface area contributed by atoms with Crippen molar-refractivity contribution in [2.75, 3.05) is 20.3 Å². The van der Waals surface area contributed by atoms with E-state index >= 15 is 0 Å². The van der Waals surface area contributed by atoms with E-state index in [0.29, 0.717) is 13.0 Å². The lowest BCUT2D eigenvalue weighted by atomic mass is 10.1. The summed E-state index contributed by atoms with van der Waals surface area (Å²) in [5.74, 6) is -0.121. The van der Waals surface area contributed by atoms with Crippen molar-refractivity contribution in [2.45, 2.75) is 20.3 Å². The number of amides is 1. The van der Waals surface area contributed by atoms with Crippen LogP contribution in [-0.4, -0.2) is 32.0 Å². The number of nitrogens with one attached hydrogen (secondary N) is 1. The van der Waals surface area contributed by atoms with Crippen molar-refractivity contribution < 1.29 is 14.3 Å². The Labute approximate surface area is 78.6 Å². The van der Waals surface area contributed by atoms with Crippen LogP contribution in [0.3, 0.4) is 0 Å². The summed E-state index contributed by atoms with van der Waals surface area (Å²) in [6, 6.07) is 0. The summed E-state index contributed by atoms with van der Waals surface area (Å²) in [5, 5.41) is 2.53. The summed E-state index contributed by atoms with van der Waals surface area (Å²) in [7, 11) is 1.53. The lowest BCUT2D eigenvalue weighted by molar-refractivity contribution is -0.126. The van der Waals surface area contributed by atoms with Crippen LogP contribution in [0.1, 0.15) is 20.3 Å². The van der Waals surface area contributed by atoms with E-state index in [1.165, 1.54) is 7.11 Å². The molecule has 0 aromatic carbocycles. The number of Topliss-reactive ketones (excluding diaryl/α,β-unsaturated/α-hetero) is 1. The third kappa shape index (κ3) is 6.28. The maximum absolute atomic E-state index is 11.1. The van der Waals surface area contributed by atoms with Gasteiger partial charge in [-0.05, 0) is 0 Å². The minimum absolute atomic E-state index is 0.0253. The number of rotatable bonds is 6. The average molecular weight is 187 g/mol. The molecule has 4 heteroatoms. The normalized spacial score (nSPS) is 10.2. The topological polar surface area (TPSA) is 55.4 Å². The molecule has 0 aliphatic rings. The summed E-state index contributed by atoms with van der Waals surface area (Å²) in [5.41, 5.74) is 0. The Morgan fingerprint density at radius 1 is 1.38 bits per heavy atom. The first-order chi connectivity index (χ1) is 6.07. The van der Waals surface area contributed by atoms with Gasteiger partial charge in [0.1, 0.15) is 0 Å². The zero-order valence-corrected chi connectivity index (χ0v) is 8.42. The molecule has 0 aliphatic carbocycles. The monoisotopic (exact) mass is 187 g/mol. The molecule has 0 atom stereocenters. The fourth-order valence-corrected chi connectivity index (χ4v) is 0.673. The summed E-state index contributed by atoms with van der Waals surface area (Å²) < 4.78 is 4.72. The fourth-order valence-electron chi connectivity index (χ4n) is 0.673. The first-order valence-corrected chi connectivity index (χ1v) is 4.36. The largest absolute Gasteiger partial charge is 0.384 e. The first-order valence-electron chi connectivity index (χ1n) is 4.36. The molecule has 1 N–H and O–H groups in total. The van der Waals surface area contributed by atoms with Crippen LogP contribution in [0.5, 0.6) is 0 Å². The molecule has 76 valence electrons. The van der Waals surface area contributed by atoms with Gasteiger partial charge in [-0.15, -0.1) is 0 Å². The van der Waals surface area contributed by atoms with Gasteiger partial charge in [0.15, 0.2) is 5.78 Å². The molecule has 0 aromatic heterocycles. The van der Waals surface area contributed by atoms with Gasteiger partial charge < -0.3 is 10.1 Å². The smallest absolute Gasteiger partial charge is 0.222 e. The average Bonchev–Trinajstić information content (AvgIpc) is 2.10. The Hall–Kier alpha value is -0.900. The molecule has 0 heterocycles. The summed E-state index contributed by atoms with van der Waals surface area (Å²) in [6.07, 6.45) is 0.307. The van der Waals surface area contributed by atoms with Crippen molar-refractivity contribution in [1.82, 2.24) is 5.32 Å². The molecule has 4 nitrogen and oxygen atoms in total. The number of methoxy groups -OCH3 is 1. The highest BCUT2D eigenvalue weighted by atomic mass is 16.5. The molecule has 0 saturated carbocycles. The third-order valence-electron chi connectivity index (χ3n) is 1.64. The van der Waals surface area contributed by atoms with E-state index in [4.69, 9.17) is 4.74 Å². The van der Waals surface area contributed by atoms with Gasteiger partial charge in [-0.3, -0.25) is 9.59 Å².